The Morgan fingerprint density at radius 1 is 1.27 bits per heavy atom. The van der Waals surface area contributed by atoms with Crippen LogP contribution >= 0.6 is 11.3 Å². The zero-order valence-corrected chi connectivity index (χ0v) is 19.3. The van der Waals surface area contributed by atoms with E-state index in [4.69, 9.17) is 14.5 Å². The third-order valence-corrected chi connectivity index (χ3v) is 6.39. The topological polar surface area (TPSA) is 63.7 Å². The van der Waals surface area contributed by atoms with Crippen molar-refractivity contribution in [2.45, 2.75) is 52.0 Å². The molecule has 0 saturated carbocycles. The lowest BCUT2D eigenvalue weighted by Crippen LogP contribution is -2.35. The van der Waals surface area contributed by atoms with Gasteiger partial charge in [0.15, 0.2) is 0 Å². The van der Waals surface area contributed by atoms with Crippen LogP contribution in [0.1, 0.15) is 56.2 Å². The summed E-state index contributed by atoms with van der Waals surface area (Å²) in [5, 5.41) is 6.35. The number of amides is 1. The van der Waals surface area contributed by atoms with E-state index >= 15 is 0 Å². The molecule has 1 aliphatic heterocycles. The van der Waals surface area contributed by atoms with Crippen molar-refractivity contribution in [2.24, 2.45) is 5.92 Å². The highest BCUT2D eigenvalue weighted by Gasteiger charge is 2.22. The largest absolute Gasteiger partial charge is 0.497 e. The first kappa shape index (κ1) is 22.6. The van der Waals surface area contributed by atoms with Crippen molar-refractivity contribution in [1.82, 2.24) is 9.88 Å². The molecule has 3 rings (SSSR count). The van der Waals surface area contributed by atoms with E-state index in [2.05, 4.69) is 29.4 Å². The summed E-state index contributed by atoms with van der Waals surface area (Å²) in [5.74, 6) is 2.38. The molecule has 0 spiro atoms. The van der Waals surface area contributed by atoms with Crippen molar-refractivity contribution >= 4 is 22.9 Å². The van der Waals surface area contributed by atoms with Gasteiger partial charge in [-0.25, -0.2) is 4.98 Å². The molecule has 1 aliphatic rings. The van der Waals surface area contributed by atoms with Gasteiger partial charge in [0, 0.05) is 42.2 Å². The van der Waals surface area contributed by atoms with E-state index in [0.717, 1.165) is 26.1 Å². The standard InChI is InChI=1S/C23H33N3O3S/c1-16(2)21-15-30-23(25-21)14-26-9-5-6-17(13-26)7-8-22(27)24-18-10-19(28-3)12-20(11-18)29-4/h10-12,15-17H,5-9,13-14H2,1-4H3,(H,24,27)/t17-/m1/s1. The molecular formula is C23H33N3O3S. The lowest BCUT2D eigenvalue weighted by molar-refractivity contribution is -0.116. The number of nitrogens with one attached hydrogen (secondary N) is 1. The first-order chi connectivity index (χ1) is 14.5. The van der Waals surface area contributed by atoms with E-state index in [9.17, 15) is 4.79 Å². The number of carbonyl (C=O) groups is 1. The maximum Gasteiger partial charge on any atom is 0.224 e. The first-order valence-corrected chi connectivity index (χ1v) is 11.5. The Morgan fingerprint density at radius 3 is 2.63 bits per heavy atom. The van der Waals surface area contributed by atoms with Gasteiger partial charge < -0.3 is 14.8 Å². The Morgan fingerprint density at radius 2 is 2.00 bits per heavy atom. The number of carbonyl (C=O) groups excluding carboxylic acids is 1. The second-order valence-corrected chi connectivity index (χ2v) is 9.20. The number of thiazole rings is 1. The summed E-state index contributed by atoms with van der Waals surface area (Å²) in [6.07, 6.45) is 3.79. The summed E-state index contributed by atoms with van der Waals surface area (Å²) < 4.78 is 10.5. The molecule has 0 radical (unpaired) electrons. The number of ether oxygens (including phenoxy) is 2. The molecule has 1 amide bonds. The third-order valence-electron chi connectivity index (χ3n) is 5.54. The van der Waals surface area contributed by atoms with E-state index in [0.29, 0.717) is 35.4 Å². The zero-order chi connectivity index (χ0) is 21.5. The quantitative estimate of drug-likeness (QED) is 0.611. The molecule has 1 saturated heterocycles. The van der Waals surface area contributed by atoms with Gasteiger partial charge in [-0.1, -0.05) is 13.8 Å². The zero-order valence-electron chi connectivity index (χ0n) is 18.4. The van der Waals surface area contributed by atoms with E-state index < -0.39 is 0 Å². The Labute approximate surface area is 183 Å². The van der Waals surface area contributed by atoms with Crippen molar-refractivity contribution < 1.29 is 14.3 Å². The first-order valence-electron chi connectivity index (χ1n) is 10.7. The minimum absolute atomic E-state index is 0.0314. The van der Waals surface area contributed by atoms with Crippen LogP contribution in [0.15, 0.2) is 23.6 Å². The average molecular weight is 432 g/mol. The highest BCUT2D eigenvalue weighted by atomic mass is 32.1. The molecular weight excluding hydrogens is 398 g/mol. The number of rotatable bonds is 9. The predicted molar refractivity (Wildman–Crippen MR) is 122 cm³/mol. The fraction of sp³-hybridized carbons (Fsp3) is 0.565. The number of hydrogen-bond acceptors (Lipinski definition) is 6. The number of anilines is 1. The van der Waals surface area contributed by atoms with Gasteiger partial charge in [-0.3, -0.25) is 9.69 Å². The second-order valence-electron chi connectivity index (χ2n) is 8.25. The van der Waals surface area contributed by atoms with Crippen LogP contribution in [-0.2, 0) is 11.3 Å². The molecule has 6 nitrogen and oxygen atoms in total. The van der Waals surface area contributed by atoms with Crippen LogP contribution < -0.4 is 14.8 Å². The molecule has 1 aromatic carbocycles. The monoisotopic (exact) mass is 431 g/mol. The molecule has 0 aliphatic carbocycles. The number of piperidine rings is 1. The third kappa shape index (κ3) is 6.44. The van der Waals surface area contributed by atoms with Crippen molar-refractivity contribution in [3.63, 3.8) is 0 Å². The minimum Gasteiger partial charge on any atom is -0.497 e. The van der Waals surface area contributed by atoms with Crippen LogP contribution in [0.25, 0.3) is 0 Å². The predicted octanol–water partition coefficient (Wildman–Crippen LogP) is 4.91. The van der Waals surface area contributed by atoms with Gasteiger partial charge in [0.25, 0.3) is 0 Å². The van der Waals surface area contributed by atoms with Crippen LogP contribution in [0, 0.1) is 5.92 Å². The van der Waals surface area contributed by atoms with E-state index in [-0.39, 0.29) is 5.91 Å². The lowest BCUT2D eigenvalue weighted by Gasteiger charge is -2.32. The number of methoxy groups -OCH3 is 2. The van der Waals surface area contributed by atoms with Crippen molar-refractivity contribution in [2.75, 3.05) is 32.6 Å². The fourth-order valence-electron chi connectivity index (χ4n) is 3.82. The number of nitrogens with zero attached hydrogens (tertiary/aromatic N) is 2. The molecule has 2 aromatic rings. The summed E-state index contributed by atoms with van der Waals surface area (Å²) >= 11 is 1.76. The fourth-order valence-corrected chi connectivity index (χ4v) is 4.82. The van der Waals surface area contributed by atoms with E-state index in [1.807, 2.05) is 12.1 Å². The number of hydrogen-bond donors (Lipinski definition) is 1. The van der Waals surface area contributed by atoms with Gasteiger partial charge >= 0.3 is 0 Å². The summed E-state index contributed by atoms with van der Waals surface area (Å²) in [6.45, 7) is 7.44. The van der Waals surface area contributed by atoms with E-state index in [1.54, 1.807) is 31.6 Å². The molecule has 0 bridgehead atoms. The molecule has 0 unspecified atom stereocenters. The Kier molecular flexibility index (Phi) is 8.10. The van der Waals surface area contributed by atoms with Gasteiger partial charge in [0.05, 0.1) is 26.5 Å². The molecule has 164 valence electrons. The molecule has 2 heterocycles. The Balaban J connectivity index is 1.47. The van der Waals surface area contributed by atoms with Crippen LogP contribution in [0.3, 0.4) is 0 Å². The molecule has 1 N–H and O–H groups in total. The van der Waals surface area contributed by atoms with Crippen molar-refractivity contribution in [3.05, 3.63) is 34.3 Å². The summed E-state index contributed by atoms with van der Waals surface area (Å²) in [4.78, 5) is 19.7. The molecule has 1 fully saturated rings. The highest BCUT2D eigenvalue weighted by molar-refractivity contribution is 7.09. The van der Waals surface area contributed by atoms with Gasteiger partial charge in [-0.2, -0.15) is 0 Å². The summed E-state index contributed by atoms with van der Waals surface area (Å²) in [6, 6.07) is 5.41. The number of benzene rings is 1. The van der Waals surface area contributed by atoms with Crippen LogP contribution in [0.4, 0.5) is 5.69 Å². The Bertz CT molecular complexity index is 815. The SMILES string of the molecule is COc1cc(NC(=O)CC[C@H]2CCCN(Cc3nc(C(C)C)cs3)C2)cc(OC)c1. The molecule has 1 atom stereocenters. The average Bonchev–Trinajstić information content (AvgIpc) is 3.21. The van der Waals surface area contributed by atoms with Crippen LogP contribution in [0.5, 0.6) is 11.5 Å². The number of likely N-dealkylation sites (tertiary alicyclic amines) is 1. The maximum absolute atomic E-state index is 12.5. The van der Waals surface area contributed by atoms with E-state index in [1.165, 1.54) is 23.5 Å². The van der Waals surface area contributed by atoms with Gasteiger partial charge in [-0.15, -0.1) is 11.3 Å². The van der Waals surface area contributed by atoms with Gasteiger partial charge in [-0.05, 0) is 37.6 Å². The minimum atomic E-state index is 0.0314. The second kappa shape index (κ2) is 10.8. The highest BCUT2D eigenvalue weighted by Crippen LogP contribution is 2.27. The molecule has 7 heteroatoms. The van der Waals surface area contributed by atoms with Gasteiger partial charge in [0.2, 0.25) is 5.91 Å². The normalized spacial score (nSPS) is 17.2. The lowest BCUT2D eigenvalue weighted by atomic mass is 9.93. The summed E-state index contributed by atoms with van der Waals surface area (Å²) in [5.41, 5.74) is 1.89. The smallest absolute Gasteiger partial charge is 0.224 e. The van der Waals surface area contributed by atoms with Gasteiger partial charge in [0.1, 0.15) is 16.5 Å². The number of aromatic nitrogens is 1. The van der Waals surface area contributed by atoms with Crippen molar-refractivity contribution in [1.29, 1.82) is 0 Å². The van der Waals surface area contributed by atoms with Crippen LogP contribution in [-0.4, -0.2) is 43.1 Å². The maximum atomic E-state index is 12.5. The molecule has 1 aromatic heterocycles. The van der Waals surface area contributed by atoms with Crippen LogP contribution in [0.2, 0.25) is 0 Å². The molecule has 30 heavy (non-hydrogen) atoms. The summed E-state index contributed by atoms with van der Waals surface area (Å²) in [7, 11) is 3.20. The Hall–Kier alpha value is -2.12. The van der Waals surface area contributed by atoms with Crippen molar-refractivity contribution in [3.8, 4) is 11.5 Å².